The van der Waals surface area contributed by atoms with Crippen LogP contribution in [0.4, 0.5) is 5.69 Å². The zero-order valence-electron chi connectivity index (χ0n) is 10.6. The number of piperidine rings is 1. The van der Waals surface area contributed by atoms with Gasteiger partial charge in [0.2, 0.25) is 0 Å². The zero-order chi connectivity index (χ0) is 13.1. The normalized spacial score (nSPS) is 16.3. The average molecular weight is 253 g/mol. The Morgan fingerprint density at radius 1 is 1.16 bits per heavy atom. The molecule has 96 valence electrons. The maximum absolute atomic E-state index is 8.80. The largest absolute Gasteiger partial charge is 0.371 e. The van der Waals surface area contributed by atoms with Crippen LogP contribution in [0.1, 0.15) is 24.4 Å². The molecule has 0 spiro atoms. The summed E-state index contributed by atoms with van der Waals surface area (Å²) in [5, 5.41) is 16.7. The van der Waals surface area contributed by atoms with Crippen LogP contribution >= 0.6 is 0 Å². The van der Waals surface area contributed by atoms with Gasteiger partial charge < -0.3 is 4.90 Å². The molecule has 0 N–H and O–H groups in total. The molecule has 19 heavy (non-hydrogen) atoms. The molecule has 1 aliphatic rings. The van der Waals surface area contributed by atoms with Crippen molar-refractivity contribution in [2.75, 3.05) is 18.0 Å². The summed E-state index contributed by atoms with van der Waals surface area (Å²) >= 11 is 0. The van der Waals surface area contributed by atoms with Gasteiger partial charge in [-0.15, -0.1) is 5.10 Å². The Hall–Kier alpha value is -2.35. The maximum atomic E-state index is 8.80. The van der Waals surface area contributed by atoms with Gasteiger partial charge in [-0.2, -0.15) is 5.26 Å². The van der Waals surface area contributed by atoms with Gasteiger partial charge in [0, 0.05) is 25.0 Å². The van der Waals surface area contributed by atoms with Crippen molar-refractivity contribution in [3.8, 4) is 6.07 Å². The first-order valence-electron chi connectivity index (χ1n) is 6.48. The number of anilines is 1. The van der Waals surface area contributed by atoms with E-state index in [-0.39, 0.29) is 0 Å². The van der Waals surface area contributed by atoms with Crippen molar-refractivity contribution in [1.29, 1.82) is 5.26 Å². The van der Waals surface area contributed by atoms with Crippen molar-refractivity contribution in [2.45, 2.75) is 18.9 Å². The lowest BCUT2D eigenvalue weighted by Crippen LogP contribution is -2.34. The van der Waals surface area contributed by atoms with Gasteiger partial charge in [-0.05, 0) is 37.1 Å². The quantitative estimate of drug-likeness (QED) is 0.821. The predicted molar refractivity (Wildman–Crippen MR) is 71.7 cm³/mol. The maximum Gasteiger partial charge on any atom is 0.0991 e. The lowest BCUT2D eigenvalue weighted by atomic mass is 10.0. The van der Waals surface area contributed by atoms with Gasteiger partial charge in [0.1, 0.15) is 0 Å². The number of hydrogen-bond acceptors (Lipinski definition) is 4. The standard InChI is InChI=1S/C14H15N5/c15-11-12-1-3-13(4-2-12)18-8-5-14(6-9-18)19-10-7-16-17-19/h1-4,7,10,14H,5-6,8-9H2. The minimum atomic E-state index is 0.456. The number of hydrogen-bond donors (Lipinski definition) is 0. The van der Waals surface area contributed by atoms with Crippen LogP contribution in [0, 0.1) is 11.3 Å². The van der Waals surface area contributed by atoms with Crippen LogP contribution in [0.5, 0.6) is 0 Å². The van der Waals surface area contributed by atoms with Crippen molar-refractivity contribution < 1.29 is 0 Å². The molecule has 0 unspecified atom stereocenters. The third kappa shape index (κ3) is 2.43. The van der Waals surface area contributed by atoms with Gasteiger partial charge >= 0.3 is 0 Å². The van der Waals surface area contributed by atoms with Crippen molar-refractivity contribution in [3.63, 3.8) is 0 Å². The molecule has 3 rings (SSSR count). The Morgan fingerprint density at radius 3 is 2.47 bits per heavy atom. The molecule has 0 saturated carbocycles. The predicted octanol–water partition coefficient (Wildman–Crippen LogP) is 1.99. The van der Waals surface area contributed by atoms with Crippen LogP contribution < -0.4 is 4.90 Å². The molecule has 0 radical (unpaired) electrons. The first-order valence-corrected chi connectivity index (χ1v) is 6.48. The molecule has 2 heterocycles. The molecular weight excluding hydrogens is 238 g/mol. The molecule has 2 aromatic rings. The van der Waals surface area contributed by atoms with Crippen molar-refractivity contribution in [3.05, 3.63) is 42.2 Å². The van der Waals surface area contributed by atoms with Crippen LogP contribution in [0.15, 0.2) is 36.7 Å². The first-order chi connectivity index (χ1) is 9.36. The molecule has 0 bridgehead atoms. The number of nitriles is 1. The minimum Gasteiger partial charge on any atom is -0.371 e. The molecule has 5 nitrogen and oxygen atoms in total. The number of aromatic nitrogens is 3. The summed E-state index contributed by atoms with van der Waals surface area (Å²) in [5.74, 6) is 0. The summed E-state index contributed by atoms with van der Waals surface area (Å²) in [6, 6.07) is 10.4. The van der Waals surface area contributed by atoms with Crippen LogP contribution in [-0.4, -0.2) is 28.1 Å². The van der Waals surface area contributed by atoms with Gasteiger partial charge in [0.05, 0.1) is 23.9 Å². The number of nitrogens with zero attached hydrogens (tertiary/aromatic N) is 5. The van der Waals surface area contributed by atoms with Crippen LogP contribution in [-0.2, 0) is 0 Å². The second-order valence-electron chi connectivity index (χ2n) is 4.76. The van der Waals surface area contributed by atoms with E-state index < -0.39 is 0 Å². The van der Waals surface area contributed by atoms with Crippen molar-refractivity contribution in [2.24, 2.45) is 0 Å². The van der Waals surface area contributed by atoms with Gasteiger partial charge in [-0.1, -0.05) is 5.21 Å². The Balaban J connectivity index is 1.65. The topological polar surface area (TPSA) is 57.7 Å². The summed E-state index contributed by atoms with van der Waals surface area (Å²) in [4.78, 5) is 2.36. The highest BCUT2D eigenvalue weighted by atomic mass is 15.4. The number of benzene rings is 1. The fraction of sp³-hybridized carbons (Fsp3) is 0.357. The smallest absolute Gasteiger partial charge is 0.0991 e. The monoisotopic (exact) mass is 253 g/mol. The van der Waals surface area contributed by atoms with Crippen LogP contribution in [0.3, 0.4) is 0 Å². The Morgan fingerprint density at radius 2 is 1.89 bits per heavy atom. The summed E-state index contributed by atoms with van der Waals surface area (Å²) in [6.07, 6.45) is 5.81. The van der Waals surface area contributed by atoms with Gasteiger partial charge in [0.15, 0.2) is 0 Å². The summed E-state index contributed by atoms with van der Waals surface area (Å²) in [6.45, 7) is 2.02. The van der Waals surface area contributed by atoms with E-state index in [0.717, 1.165) is 25.9 Å². The Kier molecular flexibility index (Phi) is 3.15. The van der Waals surface area contributed by atoms with Crippen LogP contribution in [0.25, 0.3) is 0 Å². The lowest BCUT2D eigenvalue weighted by molar-refractivity contribution is 0.360. The molecule has 0 atom stereocenters. The molecule has 1 saturated heterocycles. The van der Waals surface area contributed by atoms with Gasteiger partial charge in [-0.3, -0.25) is 0 Å². The highest BCUT2D eigenvalue weighted by Gasteiger charge is 2.21. The zero-order valence-corrected chi connectivity index (χ0v) is 10.6. The van der Waals surface area contributed by atoms with E-state index in [4.69, 9.17) is 5.26 Å². The molecule has 1 aromatic carbocycles. The lowest BCUT2D eigenvalue weighted by Gasteiger charge is -2.33. The third-order valence-electron chi connectivity index (χ3n) is 3.64. The van der Waals surface area contributed by atoms with E-state index in [2.05, 4.69) is 21.3 Å². The molecule has 0 amide bonds. The molecule has 0 aliphatic carbocycles. The number of rotatable bonds is 2. The van der Waals surface area contributed by atoms with E-state index in [1.54, 1.807) is 6.20 Å². The second kappa shape index (κ2) is 5.11. The second-order valence-corrected chi connectivity index (χ2v) is 4.76. The SMILES string of the molecule is N#Cc1ccc(N2CCC(n3ccnn3)CC2)cc1. The van der Waals surface area contributed by atoms with Crippen molar-refractivity contribution in [1.82, 2.24) is 15.0 Å². The van der Waals surface area contributed by atoms with E-state index in [9.17, 15) is 0 Å². The highest BCUT2D eigenvalue weighted by molar-refractivity contribution is 5.49. The summed E-state index contributed by atoms with van der Waals surface area (Å²) in [5.41, 5.74) is 1.90. The van der Waals surface area contributed by atoms with Crippen LogP contribution in [0.2, 0.25) is 0 Å². The molecule has 1 fully saturated rings. The first kappa shape index (κ1) is 11.7. The van der Waals surface area contributed by atoms with Crippen molar-refractivity contribution >= 4 is 5.69 Å². The van der Waals surface area contributed by atoms with Gasteiger partial charge in [-0.25, -0.2) is 4.68 Å². The van der Waals surface area contributed by atoms with E-state index in [1.165, 1.54) is 5.69 Å². The van der Waals surface area contributed by atoms with E-state index in [0.29, 0.717) is 11.6 Å². The Bertz CT molecular complexity index is 559. The molecular formula is C14H15N5. The fourth-order valence-electron chi connectivity index (χ4n) is 2.55. The summed E-state index contributed by atoms with van der Waals surface area (Å²) in [7, 11) is 0. The highest BCUT2D eigenvalue weighted by Crippen LogP contribution is 2.25. The molecule has 1 aliphatic heterocycles. The molecule has 1 aromatic heterocycles. The van der Waals surface area contributed by atoms with Gasteiger partial charge in [0.25, 0.3) is 0 Å². The Labute approximate surface area is 112 Å². The average Bonchev–Trinajstić information content (AvgIpc) is 3.02. The fourth-order valence-corrected chi connectivity index (χ4v) is 2.55. The molecule has 5 heteroatoms. The van der Waals surface area contributed by atoms with E-state index >= 15 is 0 Å². The van der Waals surface area contributed by atoms with E-state index in [1.807, 2.05) is 35.1 Å². The minimum absolute atomic E-state index is 0.456. The summed E-state index contributed by atoms with van der Waals surface area (Å²) < 4.78 is 1.95. The third-order valence-corrected chi connectivity index (χ3v) is 3.64.